The Morgan fingerprint density at radius 1 is 0.964 bits per heavy atom. The van der Waals surface area contributed by atoms with Crippen molar-refractivity contribution in [3.8, 4) is 5.75 Å². The molecular formula is C20H29N2O4PS. The van der Waals surface area contributed by atoms with E-state index in [0.29, 0.717) is 18.0 Å². The summed E-state index contributed by atoms with van der Waals surface area (Å²) >= 11 is 0. The Balaban J connectivity index is 2.01. The highest BCUT2D eigenvalue weighted by Gasteiger charge is 2.18. The molecule has 0 amide bonds. The van der Waals surface area contributed by atoms with Crippen molar-refractivity contribution in [1.82, 2.24) is 4.72 Å². The SMILES string of the molecule is CCP(=O)(CC)Nc1ccc(S(=O)(=O)NCc2ccc(OC(C)C)cc2)cc1. The first kappa shape index (κ1) is 22.5. The maximum Gasteiger partial charge on any atom is 0.240 e. The molecule has 0 fully saturated rings. The topological polar surface area (TPSA) is 84.5 Å². The Labute approximate surface area is 168 Å². The summed E-state index contributed by atoms with van der Waals surface area (Å²) in [6.07, 6.45) is 1.18. The van der Waals surface area contributed by atoms with Crippen LogP contribution in [0.25, 0.3) is 0 Å². The molecule has 2 aromatic carbocycles. The third-order valence-corrected chi connectivity index (χ3v) is 8.41. The summed E-state index contributed by atoms with van der Waals surface area (Å²) in [5, 5.41) is 3.04. The second kappa shape index (κ2) is 9.59. The molecule has 0 aliphatic carbocycles. The minimum Gasteiger partial charge on any atom is -0.491 e. The lowest BCUT2D eigenvalue weighted by Crippen LogP contribution is -2.23. The van der Waals surface area contributed by atoms with E-state index >= 15 is 0 Å². The molecule has 28 heavy (non-hydrogen) atoms. The summed E-state index contributed by atoms with van der Waals surface area (Å²) in [5.41, 5.74) is 1.50. The van der Waals surface area contributed by atoms with Gasteiger partial charge in [0.2, 0.25) is 10.0 Å². The normalized spacial score (nSPS) is 12.2. The molecule has 0 bridgehead atoms. The molecule has 0 aliphatic heterocycles. The number of benzene rings is 2. The van der Waals surface area contributed by atoms with Gasteiger partial charge in [0.1, 0.15) is 5.75 Å². The van der Waals surface area contributed by atoms with E-state index in [1.165, 1.54) is 12.1 Å². The van der Waals surface area contributed by atoms with Gasteiger partial charge in [0.05, 0.1) is 11.0 Å². The van der Waals surface area contributed by atoms with Crippen LogP contribution in [0, 0.1) is 0 Å². The van der Waals surface area contributed by atoms with Crippen molar-refractivity contribution in [3.63, 3.8) is 0 Å². The molecule has 0 heterocycles. The smallest absolute Gasteiger partial charge is 0.240 e. The number of rotatable bonds is 10. The molecule has 0 saturated carbocycles. The average molecular weight is 425 g/mol. The first-order valence-corrected chi connectivity index (χ1v) is 12.9. The van der Waals surface area contributed by atoms with Gasteiger partial charge in [-0.2, -0.15) is 0 Å². The number of nitrogens with one attached hydrogen (secondary N) is 2. The fourth-order valence-corrected chi connectivity index (χ4v) is 4.95. The van der Waals surface area contributed by atoms with Gasteiger partial charge in [0.15, 0.2) is 7.29 Å². The number of sulfonamides is 1. The second-order valence-corrected chi connectivity index (χ2v) is 11.8. The minimum atomic E-state index is -3.64. The van der Waals surface area contributed by atoms with Crippen LogP contribution in [-0.2, 0) is 21.1 Å². The van der Waals surface area contributed by atoms with E-state index in [-0.39, 0.29) is 17.5 Å². The van der Waals surface area contributed by atoms with E-state index < -0.39 is 17.3 Å². The van der Waals surface area contributed by atoms with Crippen LogP contribution in [0.15, 0.2) is 53.4 Å². The molecule has 0 unspecified atom stereocenters. The summed E-state index contributed by atoms with van der Waals surface area (Å²) in [4.78, 5) is 0.167. The molecule has 8 heteroatoms. The maximum atomic E-state index is 12.5. The van der Waals surface area contributed by atoms with Crippen LogP contribution in [0.3, 0.4) is 0 Å². The zero-order valence-corrected chi connectivity index (χ0v) is 18.5. The van der Waals surface area contributed by atoms with Crippen LogP contribution in [-0.4, -0.2) is 26.8 Å². The van der Waals surface area contributed by atoms with E-state index in [1.807, 2.05) is 52.0 Å². The lowest BCUT2D eigenvalue weighted by atomic mass is 10.2. The Kier molecular flexibility index (Phi) is 7.70. The van der Waals surface area contributed by atoms with Gasteiger partial charge in [0, 0.05) is 24.6 Å². The van der Waals surface area contributed by atoms with Crippen LogP contribution >= 0.6 is 7.29 Å². The van der Waals surface area contributed by atoms with Gasteiger partial charge in [-0.25, -0.2) is 13.1 Å². The van der Waals surface area contributed by atoms with E-state index in [2.05, 4.69) is 9.81 Å². The second-order valence-electron chi connectivity index (χ2n) is 6.79. The fourth-order valence-electron chi connectivity index (χ4n) is 2.55. The van der Waals surface area contributed by atoms with E-state index in [4.69, 9.17) is 4.74 Å². The Hall–Kier alpha value is -1.82. The monoisotopic (exact) mass is 424 g/mol. The lowest BCUT2D eigenvalue weighted by Gasteiger charge is -2.17. The summed E-state index contributed by atoms with van der Waals surface area (Å²) in [6, 6.07) is 13.6. The highest BCUT2D eigenvalue weighted by atomic mass is 32.2. The highest BCUT2D eigenvalue weighted by molar-refractivity contribution is 7.89. The number of ether oxygens (including phenoxy) is 1. The van der Waals surface area contributed by atoms with Crippen LogP contribution in [0.4, 0.5) is 5.69 Å². The number of hydrogen-bond acceptors (Lipinski definition) is 4. The van der Waals surface area contributed by atoms with Gasteiger partial charge < -0.3 is 14.4 Å². The van der Waals surface area contributed by atoms with Gasteiger partial charge in [-0.05, 0) is 55.8 Å². The molecule has 6 nitrogen and oxygen atoms in total. The van der Waals surface area contributed by atoms with Crippen molar-refractivity contribution in [2.24, 2.45) is 0 Å². The molecule has 0 aliphatic rings. The van der Waals surface area contributed by atoms with Crippen LogP contribution in [0.1, 0.15) is 33.3 Å². The van der Waals surface area contributed by atoms with Crippen LogP contribution in [0.2, 0.25) is 0 Å². The van der Waals surface area contributed by atoms with Gasteiger partial charge >= 0.3 is 0 Å². The van der Waals surface area contributed by atoms with Crippen LogP contribution in [0.5, 0.6) is 5.75 Å². The van der Waals surface area contributed by atoms with E-state index in [9.17, 15) is 13.0 Å². The van der Waals surface area contributed by atoms with Gasteiger partial charge in [0.25, 0.3) is 0 Å². The van der Waals surface area contributed by atoms with Gasteiger partial charge in [-0.1, -0.05) is 26.0 Å². The molecule has 0 saturated heterocycles. The minimum absolute atomic E-state index is 0.0883. The molecule has 0 radical (unpaired) electrons. The van der Waals surface area contributed by atoms with Crippen molar-refractivity contribution in [2.45, 2.75) is 45.2 Å². The van der Waals surface area contributed by atoms with Crippen LogP contribution < -0.4 is 14.5 Å². The third kappa shape index (κ3) is 6.36. The molecule has 0 atom stereocenters. The summed E-state index contributed by atoms with van der Waals surface area (Å²) < 4.78 is 45.7. The summed E-state index contributed by atoms with van der Waals surface area (Å²) in [7, 11) is -6.09. The zero-order valence-electron chi connectivity index (χ0n) is 16.8. The predicted octanol–water partition coefficient (Wildman–Crippen LogP) is 4.68. The zero-order chi connectivity index (χ0) is 20.8. The van der Waals surface area contributed by atoms with Crippen molar-refractivity contribution in [1.29, 1.82) is 0 Å². The van der Waals surface area contributed by atoms with Crippen molar-refractivity contribution in [2.75, 3.05) is 17.4 Å². The Bertz CT molecular complexity index is 902. The molecular weight excluding hydrogens is 395 g/mol. The highest BCUT2D eigenvalue weighted by Crippen LogP contribution is 2.44. The fraction of sp³-hybridized carbons (Fsp3) is 0.400. The largest absolute Gasteiger partial charge is 0.491 e. The Morgan fingerprint density at radius 3 is 2.04 bits per heavy atom. The van der Waals surface area contributed by atoms with Crippen molar-refractivity contribution in [3.05, 3.63) is 54.1 Å². The number of hydrogen-bond donors (Lipinski definition) is 2. The first-order valence-electron chi connectivity index (χ1n) is 9.39. The molecule has 154 valence electrons. The lowest BCUT2D eigenvalue weighted by molar-refractivity contribution is 0.242. The molecule has 2 aromatic rings. The van der Waals surface area contributed by atoms with Gasteiger partial charge in [-0.3, -0.25) is 0 Å². The first-order chi connectivity index (χ1) is 13.2. The van der Waals surface area contributed by atoms with E-state index in [1.54, 1.807) is 12.1 Å². The Morgan fingerprint density at radius 2 is 1.54 bits per heavy atom. The molecule has 2 rings (SSSR count). The van der Waals surface area contributed by atoms with Crippen molar-refractivity contribution < 1.29 is 17.7 Å². The maximum absolute atomic E-state index is 12.5. The molecule has 0 aromatic heterocycles. The summed E-state index contributed by atoms with van der Waals surface area (Å²) in [6.45, 7) is 7.84. The third-order valence-electron chi connectivity index (χ3n) is 4.28. The summed E-state index contributed by atoms with van der Waals surface area (Å²) in [5.74, 6) is 0.751. The van der Waals surface area contributed by atoms with Crippen molar-refractivity contribution >= 4 is 23.0 Å². The molecule has 0 spiro atoms. The van der Waals surface area contributed by atoms with Gasteiger partial charge in [-0.15, -0.1) is 0 Å². The predicted molar refractivity (Wildman–Crippen MR) is 115 cm³/mol. The van der Waals surface area contributed by atoms with E-state index in [0.717, 1.165) is 11.3 Å². The molecule has 2 N–H and O–H groups in total. The quantitative estimate of drug-likeness (QED) is 0.541. The average Bonchev–Trinajstić information content (AvgIpc) is 2.67. The number of anilines is 1. The standard InChI is InChI=1S/C20H29N2O4PS/c1-5-27(23,6-2)22-18-9-13-20(14-10-18)28(24,25)21-15-17-7-11-19(12-8-17)26-16(3)4/h7-14,16,21H,5-6,15H2,1-4H3,(H,22,23).